The van der Waals surface area contributed by atoms with Crippen LogP contribution in [0, 0.1) is 20.8 Å². The van der Waals surface area contributed by atoms with Gasteiger partial charge in [0.05, 0.1) is 24.0 Å². The normalized spacial score (nSPS) is 11.1. The Hall–Kier alpha value is -3.31. The van der Waals surface area contributed by atoms with Crippen molar-refractivity contribution in [3.8, 4) is 5.75 Å². The van der Waals surface area contributed by atoms with Gasteiger partial charge in [0.1, 0.15) is 18.2 Å². The summed E-state index contributed by atoms with van der Waals surface area (Å²) < 4.78 is 8.22. The number of amides is 1. The molecule has 0 aliphatic carbocycles. The highest BCUT2D eigenvalue weighted by Crippen LogP contribution is 2.26. The summed E-state index contributed by atoms with van der Waals surface area (Å²) in [6, 6.07) is 20.0. The summed E-state index contributed by atoms with van der Waals surface area (Å²) in [6.07, 6.45) is 1.03. The molecule has 0 fully saturated rings. The first kappa shape index (κ1) is 23.8. The van der Waals surface area contributed by atoms with E-state index in [1.165, 1.54) is 0 Å². The van der Waals surface area contributed by atoms with Crippen molar-refractivity contribution < 1.29 is 9.53 Å². The summed E-state index contributed by atoms with van der Waals surface area (Å²) in [4.78, 5) is 17.3. The Bertz CT molecular complexity index is 1290. The molecule has 1 amide bonds. The van der Waals surface area contributed by atoms with E-state index in [1.54, 1.807) is 0 Å². The molecule has 4 aromatic rings. The largest absolute Gasteiger partial charge is 0.492 e. The van der Waals surface area contributed by atoms with Gasteiger partial charge in [0, 0.05) is 18.0 Å². The maximum Gasteiger partial charge on any atom is 0.224 e. The zero-order valence-electron chi connectivity index (χ0n) is 19.9. The molecule has 1 N–H and O–H groups in total. The van der Waals surface area contributed by atoms with Gasteiger partial charge in [-0.15, -0.1) is 0 Å². The van der Waals surface area contributed by atoms with E-state index in [0.717, 1.165) is 49.9 Å². The number of fused-ring (bicyclic) bond motifs is 1. The smallest absolute Gasteiger partial charge is 0.224 e. The van der Waals surface area contributed by atoms with Crippen molar-refractivity contribution in [1.29, 1.82) is 0 Å². The molecule has 0 unspecified atom stereocenters. The van der Waals surface area contributed by atoms with Crippen molar-refractivity contribution >= 4 is 28.5 Å². The first-order valence-corrected chi connectivity index (χ1v) is 11.9. The minimum Gasteiger partial charge on any atom is -0.492 e. The first-order chi connectivity index (χ1) is 16.4. The predicted molar refractivity (Wildman–Crippen MR) is 138 cm³/mol. The summed E-state index contributed by atoms with van der Waals surface area (Å²) in [5, 5.41) is 3.82. The molecule has 0 bridgehead atoms. The van der Waals surface area contributed by atoms with Gasteiger partial charge in [0.25, 0.3) is 0 Å². The average molecular weight is 476 g/mol. The van der Waals surface area contributed by atoms with Gasteiger partial charge in [-0.25, -0.2) is 4.98 Å². The second-order valence-electron chi connectivity index (χ2n) is 8.59. The highest BCUT2D eigenvalue weighted by atomic mass is 35.5. The van der Waals surface area contributed by atoms with Gasteiger partial charge in [-0.1, -0.05) is 48.0 Å². The molecule has 5 nitrogen and oxygen atoms in total. The summed E-state index contributed by atoms with van der Waals surface area (Å²) >= 11 is 6.28. The highest BCUT2D eigenvalue weighted by Gasteiger charge is 2.12. The number of para-hydroxylation sites is 2. The second-order valence-corrected chi connectivity index (χ2v) is 8.97. The Morgan fingerprint density at radius 2 is 1.71 bits per heavy atom. The molecule has 0 saturated carbocycles. The van der Waals surface area contributed by atoms with Gasteiger partial charge in [0.15, 0.2) is 0 Å². The van der Waals surface area contributed by atoms with Crippen LogP contribution in [0.15, 0.2) is 60.7 Å². The van der Waals surface area contributed by atoms with E-state index >= 15 is 0 Å². The Labute approximate surface area is 205 Å². The van der Waals surface area contributed by atoms with Crippen LogP contribution in [0.3, 0.4) is 0 Å². The van der Waals surface area contributed by atoms with Crippen molar-refractivity contribution in [2.75, 3.05) is 13.2 Å². The van der Waals surface area contributed by atoms with Crippen molar-refractivity contribution in [2.24, 2.45) is 0 Å². The second kappa shape index (κ2) is 10.7. The number of aryl methyl sites for hydroxylation is 3. The van der Waals surface area contributed by atoms with Crippen LogP contribution in [0.5, 0.6) is 5.75 Å². The van der Waals surface area contributed by atoms with Gasteiger partial charge >= 0.3 is 0 Å². The number of hydrogen-bond acceptors (Lipinski definition) is 3. The number of imidazole rings is 1. The van der Waals surface area contributed by atoms with E-state index in [9.17, 15) is 4.79 Å². The molecule has 0 aliphatic heterocycles. The standard InChI is InChI=1S/C28H30ClN3O2/c1-19-8-4-5-9-22(19)18-27(33)30-13-12-26-31-24-10-6-7-11-25(24)32(26)14-15-34-23-16-20(2)28(29)21(3)17-23/h4-11,16-17H,12-15,18H2,1-3H3,(H,30,33). The van der Waals surface area contributed by atoms with Crippen molar-refractivity contribution in [1.82, 2.24) is 14.9 Å². The summed E-state index contributed by atoms with van der Waals surface area (Å²) in [6.45, 7) is 7.69. The molecule has 0 saturated heterocycles. The number of nitrogens with zero attached hydrogens (tertiary/aromatic N) is 2. The van der Waals surface area contributed by atoms with Gasteiger partial charge in [-0.2, -0.15) is 0 Å². The lowest BCUT2D eigenvalue weighted by Gasteiger charge is -2.13. The van der Waals surface area contributed by atoms with Gasteiger partial charge in [-0.05, 0) is 67.3 Å². The number of ether oxygens (including phenoxy) is 1. The molecule has 0 aliphatic rings. The number of benzene rings is 3. The Balaban J connectivity index is 1.40. The minimum absolute atomic E-state index is 0.0220. The molecule has 34 heavy (non-hydrogen) atoms. The number of rotatable bonds is 9. The maximum atomic E-state index is 12.5. The molecular formula is C28H30ClN3O2. The number of carbonyl (C=O) groups is 1. The molecule has 6 heteroatoms. The van der Waals surface area contributed by atoms with Crippen LogP contribution in [-0.2, 0) is 24.2 Å². The number of hydrogen-bond donors (Lipinski definition) is 1. The lowest BCUT2D eigenvalue weighted by atomic mass is 10.1. The first-order valence-electron chi connectivity index (χ1n) is 11.6. The van der Waals surface area contributed by atoms with Gasteiger partial charge in [0.2, 0.25) is 5.91 Å². The number of carbonyl (C=O) groups excluding carboxylic acids is 1. The fourth-order valence-electron chi connectivity index (χ4n) is 4.17. The quantitative estimate of drug-likeness (QED) is 0.343. The van der Waals surface area contributed by atoms with Crippen LogP contribution in [0.1, 0.15) is 28.1 Å². The zero-order valence-corrected chi connectivity index (χ0v) is 20.7. The third kappa shape index (κ3) is 5.60. The molecule has 0 spiro atoms. The molecule has 3 aromatic carbocycles. The molecule has 0 radical (unpaired) electrons. The number of nitrogens with one attached hydrogen (secondary N) is 1. The minimum atomic E-state index is 0.0220. The van der Waals surface area contributed by atoms with Crippen LogP contribution in [0.25, 0.3) is 11.0 Å². The van der Waals surface area contributed by atoms with Crippen LogP contribution in [-0.4, -0.2) is 28.6 Å². The van der Waals surface area contributed by atoms with Gasteiger partial charge < -0.3 is 14.6 Å². The van der Waals surface area contributed by atoms with E-state index in [4.69, 9.17) is 21.3 Å². The van der Waals surface area contributed by atoms with E-state index < -0.39 is 0 Å². The van der Waals surface area contributed by atoms with Crippen LogP contribution >= 0.6 is 11.6 Å². The molecule has 176 valence electrons. The Kier molecular flexibility index (Phi) is 7.53. The molecule has 1 heterocycles. The molecular weight excluding hydrogens is 446 g/mol. The van der Waals surface area contributed by atoms with E-state index in [0.29, 0.717) is 32.5 Å². The van der Waals surface area contributed by atoms with E-state index in [2.05, 4.69) is 16.0 Å². The van der Waals surface area contributed by atoms with E-state index in [-0.39, 0.29) is 5.91 Å². The third-order valence-corrected chi connectivity index (χ3v) is 6.61. The zero-order chi connectivity index (χ0) is 24.1. The maximum absolute atomic E-state index is 12.5. The fourth-order valence-corrected chi connectivity index (χ4v) is 4.28. The Morgan fingerprint density at radius 3 is 2.47 bits per heavy atom. The van der Waals surface area contributed by atoms with Crippen molar-refractivity contribution in [3.05, 3.63) is 93.8 Å². The molecule has 4 rings (SSSR count). The summed E-state index contributed by atoms with van der Waals surface area (Å²) in [7, 11) is 0. The van der Waals surface area contributed by atoms with Crippen LogP contribution in [0.4, 0.5) is 0 Å². The molecule has 0 atom stereocenters. The number of aromatic nitrogens is 2. The fraction of sp³-hybridized carbons (Fsp3) is 0.286. The van der Waals surface area contributed by atoms with Gasteiger partial charge in [-0.3, -0.25) is 4.79 Å². The topological polar surface area (TPSA) is 56.2 Å². The van der Waals surface area contributed by atoms with Crippen molar-refractivity contribution in [2.45, 2.75) is 40.2 Å². The summed E-state index contributed by atoms with van der Waals surface area (Å²) in [5.74, 6) is 1.77. The predicted octanol–water partition coefficient (Wildman–Crippen LogP) is 5.60. The summed E-state index contributed by atoms with van der Waals surface area (Å²) in [5.41, 5.74) is 6.21. The monoisotopic (exact) mass is 475 g/mol. The number of halogens is 1. The highest BCUT2D eigenvalue weighted by molar-refractivity contribution is 6.32. The van der Waals surface area contributed by atoms with E-state index in [1.807, 2.05) is 75.4 Å². The third-order valence-electron chi connectivity index (χ3n) is 6.01. The lowest BCUT2D eigenvalue weighted by Crippen LogP contribution is -2.28. The Morgan fingerprint density at radius 1 is 1.00 bits per heavy atom. The van der Waals surface area contributed by atoms with Crippen LogP contribution < -0.4 is 10.1 Å². The lowest BCUT2D eigenvalue weighted by molar-refractivity contribution is -0.120. The average Bonchev–Trinajstić information content (AvgIpc) is 3.16. The molecule has 1 aromatic heterocycles. The SMILES string of the molecule is Cc1ccccc1CC(=O)NCCc1nc2ccccc2n1CCOc1cc(C)c(Cl)c(C)c1. The van der Waals surface area contributed by atoms with Crippen molar-refractivity contribution in [3.63, 3.8) is 0 Å². The van der Waals surface area contributed by atoms with Crippen LogP contribution in [0.2, 0.25) is 5.02 Å².